The van der Waals surface area contributed by atoms with Gasteiger partial charge in [0.2, 0.25) is 0 Å². The lowest BCUT2D eigenvalue weighted by atomic mass is 9.88. The summed E-state index contributed by atoms with van der Waals surface area (Å²) in [6, 6.07) is 0.556. The van der Waals surface area contributed by atoms with Gasteiger partial charge >= 0.3 is 0 Å². The maximum absolute atomic E-state index is 6.13. The van der Waals surface area contributed by atoms with Gasteiger partial charge in [-0.15, -0.1) is 0 Å². The molecule has 0 aliphatic heterocycles. The normalized spacial score (nSPS) is 26.8. The smallest absolute Gasteiger partial charge is 0.0971 e. The summed E-state index contributed by atoms with van der Waals surface area (Å²) in [6.45, 7) is 0. The molecule has 0 saturated heterocycles. The van der Waals surface area contributed by atoms with Crippen molar-refractivity contribution in [2.75, 3.05) is 0 Å². The molecule has 2 aliphatic rings. The lowest BCUT2D eigenvalue weighted by Gasteiger charge is -2.24. The summed E-state index contributed by atoms with van der Waals surface area (Å²) >= 11 is 0. The molecule has 2 N–H and O–H groups in total. The summed E-state index contributed by atoms with van der Waals surface area (Å²) in [7, 11) is 0. The molecule has 2 nitrogen and oxygen atoms in total. The van der Waals surface area contributed by atoms with E-state index in [2.05, 4.69) is 0 Å². The Kier molecular flexibility index (Phi) is 4.04. The zero-order valence-corrected chi connectivity index (χ0v) is 9.75. The van der Waals surface area contributed by atoms with E-state index in [-0.39, 0.29) is 0 Å². The van der Waals surface area contributed by atoms with E-state index in [0.717, 1.165) is 5.84 Å². The van der Waals surface area contributed by atoms with Crippen LogP contribution in [0.4, 0.5) is 0 Å². The highest BCUT2D eigenvalue weighted by Gasteiger charge is 2.19. The van der Waals surface area contributed by atoms with Gasteiger partial charge in [0.1, 0.15) is 0 Å². The standard InChI is InChI=1S/C13H24N2/c14-13(11-7-3-1-4-8-11)15-12-9-5-2-6-10-12/h11-12H,1-10H2,(H2,14,15). The molecule has 0 aromatic heterocycles. The van der Waals surface area contributed by atoms with Crippen LogP contribution < -0.4 is 5.73 Å². The fraction of sp³-hybridized carbons (Fsp3) is 0.923. The van der Waals surface area contributed by atoms with Gasteiger partial charge in [-0.1, -0.05) is 38.5 Å². The van der Waals surface area contributed by atoms with Crippen LogP contribution >= 0.6 is 0 Å². The maximum Gasteiger partial charge on any atom is 0.0971 e. The predicted molar refractivity (Wildman–Crippen MR) is 65.1 cm³/mol. The van der Waals surface area contributed by atoms with Crippen molar-refractivity contribution >= 4 is 5.84 Å². The van der Waals surface area contributed by atoms with Gasteiger partial charge in [0.15, 0.2) is 0 Å². The second kappa shape index (κ2) is 5.53. The minimum atomic E-state index is 0.556. The molecular weight excluding hydrogens is 184 g/mol. The van der Waals surface area contributed by atoms with Crippen LogP contribution in [0.2, 0.25) is 0 Å². The molecule has 86 valence electrons. The van der Waals surface area contributed by atoms with Gasteiger partial charge in [-0.25, -0.2) is 0 Å². The first-order valence-electron chi connectivity index (χ1n) is 6.69. The minimum absolute atomic E-state index is 0.556. The number of nitrogens with zero attached hydrogens (tertiary/aromatic N) is 1. The molecule has 0 heterocycles. The average molecular weight is 208 g/mol. The molecule has 15 heavy (non-hydrogen) atoms. The van der Waals surface area contributed by atoms with Crippen molar-refractivity contribution in [3.05, 3.63) is 0 Å². The summed E-state index contributed by atoms with van der Waals surface area (Å²) in [6.07, 6.45) is 13.3. The van der Waals surface area contributed by atoms with Crippen LogP contribution in [-0.4, -0.2) is 11.9 Å². The molecule has 0 aromatic rings. The van der Waals surface area contributed by atoms with Crippen molar-refractivity contribution in [1.82, 2.24) is 0 Å². The maximum atomic E-state index is 6.13. The van der Waals surface area contributed by atoms with Crippen LogP contribution in [0.1, 0.15) is 64.2 Å². The Balaban J connectivity index is 1.86. The molecule has 2 rings (SSSR count). The average Bonchev–Trinajstić information content (AvgIpc) is 2.31. The topological polar surface area (TPSA) is 38.4 Å². The van der Waals surface area contributed by atoms with Gasteiger partial charge in [-0.2, -0.15) is 0 Å². The van der Waals surface area contributed by atoms with E-state index in [0.29, 0.717) is 12.0 Å². The van der Waals surface area contributed by atoms with E-state index < -0.39 is 0 Å². The van der Waals surface area contributed by atoms with Gasteiger partial charge in [0.05, 0.1) is 11.9 Å². The summed E-state index contributed by atoms with van der Waals surface area (Å²) in [5.41, 5.74) is 6.13. The first-order valence-corrected chi connectivity index (χ1v) is 6.69. The van der Waals surface area contributed by atoms with Crippen molar-refractivity contribution < 1.29 is 0 Å². The largest absolute Gasteiger partial charge is 0.387 e. The molecule has 0 aromatic carbocycles. The fourth-order valence-electron chi connectivity index (χ4n) is 2.92. The molecule has 2 fully saturated rings. The highest BCUT2D eigenvalue weighted by molar-refractivity contribution is 5.83. The van der Waals surface area contributed by atoms with Crippen LogP contribution in [0.5, 0.6) is 0 Å². The summed E-state index contributed by atoms with van der Waals surface area (Å²) in [5.74, 6) is 1.59. The Labute approximate surface area is 93.3 Å². The van der Waals surface area contributed by atoms with Gasteiger partial charge < -0.3 is 5.73 Å². The third-order valence-electron chi connectivity index (χ3n) is 3.93. The van der Waals surface area contributed by atoms with Gasteiger partial charge in [0.25, 0.3) is 0 Å². The van der Waals surface area contributed by atoms with E-state index in [9.17, 15) is 0 Å². The highest BCUT2D eigenvalue weighted by Crippen LogP contribution is 2.25. The molecule has 0 radical (unpaired) electrons. The van der Waals surface area contributed by atoms with Gasteiger partial charge in [0, 0.05) is 5.92 Å². The summed E-state index contributed by atoms with van der Waals surface area (Å²) in [5, 5.41) is 0. The number of amidine groups is 1. The van der Waals surface area contributed by atoms with E-state index in [1.807, 2.05) is 0 Å². The van der Waals surface area contributed by atoms with Gasteiger partial charge in [-0.05, 0) is 25.7 Å². The van der Waals surface area contributed by atoms with Gasteiger partial charge in [-0.3, -0.25) is 4.99 Å². The van der Waals surface area contributed by atoms with E-state index in [1.165, 1.54) is 64.2 Å². The minimum Gasteiger partial charge on any atom is -0.387 e. The van der Waals surface area contributed by atoms with Crippen molar-refractivity contribution in [1.29, 1.82) is 0 Å². The van der Waals surface area contributed by atoms with Crippen LogP contribution in [0.15, 0.2) is 4.99 Å². The van der Waals surface area contributed by atoms with Crippen molar-refractivity contribution in [2.45, 2.75) is 70.3 Å². The van der Waals surface area contributed by atoms with E-state index >= 15 is 0 Å². The molecule has 0 atom stereocenters. The molecule has 0 unspecified atom stereocenters. The summed E-state index contributed by atoms with van der Waals surface area (Å²) in [4.78, 5) is 4.75. The number of hydrogen-bond acceptors (Lipinski definition) is 1. The molecule has 2 saturated carbocycles. The lowest BCUT2D eigenvalue weighted by molar-refractivity contribution is 0.420. The quantitative estimate of drug-likeness (QED) is 0.549. The Morgan fingerprint density at radius 2 is 1.33 bits per heavy atom. The Hall–Kier alpha value is -0.530. The number of aliphatic imine (C=N–C) groups is 1. The second-order valence-corrected chi connectivity index (χ2v) is 5.18. The second-order valence-electron chi connectivity index (χ2n) is 5.18. The Morgan fingerprint density at radius 1 is 0.800 bits per heavy atom. The Bertz CT molecular complexity index is 211. The third kappa shape index (κ3) is 3.22. The van der Waals surface area contributed by atoms with Crippen molar-refractivity contribution in [3.63, 3.8) is 0 Å². The van der Waals surface area contributed by atoms with E-state index in [4.69, 9.17) is 10.7 Å². The first kappa shape index (κ1) is 11.0. The van der Waals surface area contributed by atoms with Crippen LogP contribution in [0.25, 0.3) is 0 Å². The molecular formula is C13H24N2. The van der Waals surface area contributed by atoms with Crippen molar-refractivity contribution in [3.8, 4) is 0 Å². The number of rotatable bonds is 2. The zero-order chi connectivity index (χ0) is 10.5. The first-order chi connectivity index (χ1) is 7.36. The molecule has 2 aliphatic carbocycles. The zero-order valence-electron chi connectivity index (χ0n) is 9.75. The number of nitrogens with two attached hydrogens (primary N) is 1. The molecule has 2 heteroatoms. The lowest BCUT2D eigenvalue weighted by Crippen LogP contribution is -2.28. The molecule has 0 amide bonds. The SMILES string of the molecule is NC(=NC1CCCCC1)C1CCCCC1. The predicted octanol–water partition coefficient (Wildman–Crippen LogP) is 3.26. The van der Waals surface area contributed by atoms with Crippen LogP contribution in [0, 0.1) is 5.92 Å². The van der Waals surface area contributed by atoms with E-state index in [1.54, 1.807) is 0 Å². The van der Waals surface area contributed by atoms with Crippen LogP contribution in [-0.2, 0) is 0 Å². The fourth-order valence-corrected chi connectivity index (χ4v) is 2.92. The number of hydrogen-bond donors (Lipinski definition) is 1. The highest BCUT2D eigenvalue weighted by atomic mass is 14.9. The van der Waals surface area contributed by atoms with Crippen molar-refractivity contribution in [2.24, 2.45) is 16.6 Å². The Morgan fingerprint density at radius 3 is 1.93 bits per heavy atom. The monoisotopic (exact) mass is 208 g/mol. The third-order valence-corrected chi connectivity index (χ3v) is 3.93. The molecule has 0 bridgehead atoms. The summed E-state index contributed by atoms with van der Waals surface area (Å²) < 4.78 is 0. The molecule has 0 spiro atoms. The van der Waals surface area contributed by atoms with Crippen LogP contribution in [0.3, 0.4) is 0 Å².